The first kappa shape index (κ1) is 18.5. The molecule has 1 aromatic heterocycles. The van der Waals surface area contributed by atoms with E-state index >= 15 is 0 Å². The van der Waals surface area contributed by atoms with E-state index in [2.05, 4.69) is 9.82 Å². The van der Waals surface area contributed by atoms with Crippen LogP contribution in [0.25, 0.3) is 0 Å². The molecule has 0 spiro atoms. The van der Waals surface area contributed by atoms with E-state index in [0.717, 1.165) is 23.5 Å². The predicted molar refractivity (Wildman–Crippen MR) is 93.9 cm³/mol. The van der Waals surface area contributed by atoms with E-state index in [0.29, 0.717) is 25.3 Å². The normalized spacial score (nSPS) is 11.7. The Balaban J connectivity index is 2.01. The highest BCUT2D eigenvalue weighted by Crippen LogP contribution is 2.17. The summed E-state index contributed by atoms with van der Waals surface area (Å²) in [6.45, 7) is 9.59. The van der Waals surface area contributed by atoms with Gasteiger partial charge in [-0.1, -0.05) is 0 Å². The summed E-state index contributed by atoms with van der Waals surface area (Å²) in [6, 6.07) is 6.44. The Morgan fingerprint density at radius 1 is 1.17 bits per heavy atom. The standard InChI is InChI=1S/C17H25N3O3S/c1-5-20-14(4)17(13(3)19-20)11-12-18-24(21,22)16-9-7-15(8-10-16)23-6-2/h7-10,18H,5-6,11-12H2,1-4H3. The quantitative estimate of drug-likeness (QED) is 0.793. The third-order valence-corrected chi connectivity index (χ3v) is 5.42. The van der Waals surface area contributed by atoms with Crippen molar-refractivity contribution < 1.29 is 13.2 Å². The highest BCUT2D eigenvalue weighted by Gasteiger charge is 2.15. The molecule has 132 valence electrons. The fourth-order valence-electron chi connectivity index (χ4n) is 2.68. The fraction of sp³-hybridized carbons (Fsp3) is 0.471. The first-order valence-corrected chi connectivity index (χ1v) is 9.62. The molecular weight excluding hydrogens is 326 g/mol. The molecular formula is C17H25N3O3S. The Bertz CT molecular complexity index is 780. The average molecular weight is 351 g/mol. The monoisotopic (exact) mass is 351 g/mol. The van der Waals surface area contributed by atoms with Crippen molar-refractivity contribution in [3.05, 3.63) is 41.2 Å². The van der Waals surface area contributed by atoms with E-state index in [1.54, 1.807) is 24.3 Å². The molecule has 0 bridgehead atoms. The molecule has 0 aliphatic heterocycles. The molecule has 0 saturated carbocycles. The Morgan fingerprint density at radius 3 is 2.38 bits per heavy atom. The van der Waals surface area contributed by atoms with Gasteiger partial charge >= 0.3 is 0 Å². The van der Waals surface area contributed by atoms with Crippen LogP contribution in [0.1, 0.15) is 30.8 Å². The van der Waals surface area contributed by atoms with Crippen molar-refractivity contribution in [2.24, 2.45) is 0 Å². The number of nitrogens with zero attached hydrogens (tertiary/aromatic N) is 2. The Morgan fingerprint density at radius 2 is 1.83 bits per heavy atom. The van der Waals surface area contributed by atoms with Crippen molar-refractivity contribution in [3.63, 3.8) is 0 Å². The van der Waals surface area contributed by atoms with Gasteiger partial charge in [0.1, 0.15) is 5.75 Å². The topological polar surface area (TPSA) is 73.2 Å². The van der Waals surface area contributed by atoms with Crippen LogP contribution in [0.5, 0.6) is 5.75 Å². The van der Waals surface area contributed by atoms with Crippen molar-refractivity contribution in [2.45, 2.75) is 45.6 Å². The van der Waals surface area contributed by atoms with Gasteiger partial charge in [-0.15, -0.1) is 0 Å². The van der Waals surface area contributed by atoms with Gasteiger partial charge in [-0.25, -0.2) is 13.1 Å². The molecule has 2 aromatic rings. The van der Waals surface area contributed by atoms with E-state index in [1.807, 2.05) is 32.4 Å². The highest BCUT2D eigenvalue weighted by atomic mass is 32.2. The number of aromatic nitrogens is 2. The number of nitrogens with one attached hydrogen (secondary N) is 1. The van der Waals surface area contributed by atoms with Gasteiger partial charge in [-0.2, -0.15) is 5.10 Å². The molecule has 0 unspecified atom stereocenters. The fourth-order valence-corrected chi connectivity index (χ4v) is 3.71. The minimum absolute atomic E-state index is 0.239. The van der Waals surface area contributed by atoms with Crippen LogP contribution >= 0.6 is 0 Å². The molecule has 0 aliphatic rings. The van der Waals surface area contributed by atoms with Crippen LogP contribution in [-0.2, 0) is 23.0 Å². The molecule has 1 aromatic carbocycles. The van der Waals surface area contributed by atoms with Crippen LogP contribution in [0.15, 0.2) is 29.2 Å². The van der Waals surface area contributed by atoms with E-state index in [1.165, 1.54) is 0 Å². The molecule has 2 rings (SSSR count). The largest absolute Gasteiger partial charge is 0.494 e. The minimum Gasteiger partial charge on any atom is -0.494 e. The summed E-state index contributed by atoms with van der Waals surface area (Å²) < 4.78 is 34.6. The summed E-state index contributed by atoms with van der Waals surface area (Å²) >= 11 is 0. The molecule has 0 amide bonds. The van der Waals surface area contributed by atoms with Crippen LogP contribution in [-0.4, -0.2) is 31.3 Å². The van der Waals surface area contributed by atoms with Gasteiger partial charge < -0.3 is 4.74 Å². The van der Waals surface area contributed by atoms with Crippen LogP contribution in [0.4, 0.5) is 0 Å². The molecule has 6 nitrogen and oxygen atoms in total. The number of ether oxygens (including phenoxy) is 1. The van der Waals surface area contributed by atoms with Crippen molar-refractivity contribution in [1.29, 1.82) is 0 Å². The molecule has 0 aliphatic carbocycles. The summed E-state index contributed by atoms with van der Waals surface area (Å²) in [5.74, 6) is 0.662. The Kier molecular flexibility index (Phi) is 6.01. The highest BCUT2D eigenvalue weighted by molar-refractivity contribution is 7.89. The third kappa shape index (κ3) is 4.15. The molecule has 1 heterocycles. The van der Waals surface area contributed by atoms with Gasteiger partial charge in [0.15, 0.2) is 0 Å². The summed E-state index contributed by atoms with van der Waals surface area (Å²) in [7, 11) is -3.52. The van der Waals surface area contributed by atoms with Crippen molar-refractivity contribution in [3.8, 4) is 5.75 Å². The van der Waals surface area contributed by atoms with Crippen molar-refractivity contribution in [2.75, 3.05) is 13.2 Å². The molecule has 7 heteroatoms. The lowest BCUT2D eigenvalue weighted by atomic mass is 10.1. The van der Waals surface area contributed by atoms with Crippen molar-refractivity contribution in [1.82, 2.24) is 14.5 Å². The smallest absolute Gasteiger partial charge is 0.240 e. The maximum atomic E-state index is 12.4. The number of sulfonamides is 1. The molecule has 0 atom stereocenters. The van der Waals surface area contributed by atoms with Crippen LogP contribution in [0.3, 0.4) is 0 Å². The molecule has 0 radical (unpaired) electrons. The van der Waals surface area contributed by atoms with Crippen LogP contribution < -0.4 is 9.46 Å². The van der Waals surface area contributed by atoms with Gasteiger partial charge in [0.25, 0.3) is 0 Å². The first-order chi connectivity index (χ1) is 11.4. The molecule has 24 heavy (non-hydrogen) atoms. The summed E-state index contributed by atoms with van der Waals surface area (Å²) in [5, 5.41) is 4.45. The first-order valence-electron chi connectivity index (χ1n) is 8.14. The minimum atomic E-state index is -3.52. The summed E-state index contributed by atoms with van der Waals surface area (Å²) in [4.78, 5) is 0.239. The average Bonchev–Trinajstić information content (AvgIpc) is 2.83. The molecule has 1 N–H and O–H groups in total. The Hall–Kier alpha value is -1.86. The third-order valence-electron chi connectivity index (χ3n) is 3.94. The Labute approximate surface area is 143 Å². The summed E-state index contributed by atoms with van der Waals surface area (Å²) in [5.41, 5.74) is 3.15. The number of benzene rings is 1. The van der Waals surface area contributed by atoms with Gasteiger partial charge in [-0.05, 0) is 63.9 Å². The lowest BCUT2D eigenvalue weighted by Crippen LogP contribution is -2.26. The van der Waals surface area contributed by atoms with Gasteiger partial charge in [0.05, 0.1) is 17.2 Å². The maximum absolute atomic E-state index is 12.4. The zero-order valence-electron chi connectivity index (χ0n) is 14.7. The summed E-state index contributed by atoms with van der Waals surface area (Å²) in [6.07, 6.45) is 0.619. The van der Waals surface area contributed by atoms with E-state index in [4.69, 9.17) is 4.74 Å². The van der Waals surface area contributed by atoms with Crippen molar-refractivity contribution >= 4 is 10.0 Å². The second-order valence-corrected chi connectivity index (χ2v) is 7.28. The van der Waals surface area contributed by atoms with E-state index in [-0.39, 0.29) is 4.90 Å². The van der Waals surface area contributed by atoms with E-state index < -0.39 is 10.0 Å². The number of aryl methyl sites for hydroxylation is 2. The predicted octanol–water partition coefficient (Wildman–Crippen LogP) is 2.44. The SMILES string of the molecule is CCOc1ccc(S(=O)(=O)NCCc2c(C)nn(CC)c2C)cc1. The lowest BCUT2D eigenvalue weighted by Gasteiger charge is -2.08. The lowest BCUT2D eigenvalue weighted by molar-refractivity contribution is 0.340. The second-order valence-electron chi connectivity index (χ2n) is 5.52. The van der Waals surface area contributed by atoms with Crippen LogP contribution in [0, 0.1) is 13.8 Å². The zero-order valence-corrected chi connectivity index (χ0v) is 15.5. The second kappa shape index (κ2) is 7.81. The number of hydrogen-bond donors (Lipinski definition) is 1. The van der Waals surface area contributed by atoms with Gasteiger partial charge in [-0.3, -0.25) is 4.68 Å². The van der Waals surface area contributed by atoms with Crippen LogP contribution in [0.2, 0.25) is 0 Å². The number of hydrogen-bond acceptors (Lipinski definition) is 4. The number of rotatable bonds is 8. The maximum Gasteiger partial charge on any atom is 0.240 e. The van der Waals surface area contributed by atoms with Gasteiger partial charge in [0.2, 0.25) is 10.0 Å². The molecule has 0 saturated heterocycles. The molecule has 0 fully saturated rings. The zero-order chi connectivity index (χ0) is 17.7. The van der Waals surface area contributed by atoms with E-state index in [9.17, 15) is 8.42 Å². The van der Waals surface area contributed by atoms with Gasteiger partial charge in [0, 0.05) is 18.8 Å².